The molecule has 0 aliphatic heterocycles. The molecule has 1 nitrogen and oxygen atoms in total. The quantitative estimate of drug-likeness (QED) is 0.388. The first-order chi connectivity index (χ1) is 14.1. The van der Waals surface area contributed by atoms with Crippen molar-refractivity contribution in [2.75, 3.05) is 5.32 Å². The fourth-order valence-corrected chi connectivity index (χ4v) is 4.47. The van der Waals surface area contributed by atoms with Gasteiger partial charge >= 0.3 is 0 Å². The van der Waals surface area contributed by atoms with Gasteiger partial charge in [-0.1, -0.05) is 92.7 Å². The van der Waals surface area contributed by atoms with Gasteiger partial charge in [-0.15, -0.1) is 0 Å². The predicted molar refractivity (Wildman–Crippen MR) is 119 cm³/mol. The van der Waals surface area contributed by atoms with Gasteiger partial charge in [-0.2, -0.15) is 0 Å². The van der Waals surface area contributed by atoms with Gasteiger partial charge in [-0.25, -0.2) is 4.39 Å². The molecule has 1 N–H and O–H groups in total. The van der Waals surface area contributed by atoms with E-state index >= 15 is 4.39 Å². The van der Waals surface area contributed by atoms with Crippen molar-refractivity contribution in [3.8, 4) is 22.3 Å². The zero-order chi connectivity index (χ0) is 20.0. The molecule has 142 valence electrons. The van der Waals surface area contributed by atoms with E-state index in [0.717, 1.165) is 16.8 Å². The Morgan fingerprint density at radius 1 is 0.621 bits per heavy atom. The van der Waals surface area contributed by atoms with Gasteiger partial charge in [0.1, 0.15) is 0 Å². The topological polar surface area (TPSA) is 12.0 Å². The average Bonchev–Trinajstić information content (AvgIpc) is 2.99. The lowest BCUT2D eigenvalue weighted by Crippen LogP contribution is -2.14. The lowest BCUT2D eigenvalue weighted by molar-refractivity contribution is 0.635. The largest absolute Gasteiger partial charge is 0.353 e. The van der Waals surface area contributed by atoms with E-state index in [1.807, 2.05) is 54.6 Å². The van der Waals surface area contributed by atoms with Crippen LogP contribution in [0.4, 0.5) is 15.8 Å². The maximum absolute atomic E-state index is 15.4. The van der Waals surface area contributed by atoms with Crippen molar-refractivity contribution < 1.29 is 4.39 Å². The molecule has 0 saturated carbocycles. The number of hydrogen-bond acceptors (Lipinski definition) is 1. The molecule has 0 saturated heterocycles. The highest BCUT2D eigenvalue weighted by molar-refractivity contribution is 5.91. The molecule has 0 aromatic heterocycles. The minimum absolute atomic E-state index is 0.0753. The van der Waals surface area contributed by atoms with E-state index in [0.29, 0.717) is 11.3 Å². The summed E-state index contributed by atoms with van der Waals surface area (Å²) < 4.78 is 15.4. The smallest absolute Gasteiger partial charge is 0.154 e. The molecule has 5 rings (SSSR count). The Labute approximate surface area is 170 Å². The molecule has 0 radical (unpaired) electrons. The van der Waals surface area contributed by atoms with Gasteiger partial charge in [0.05, 0.1) is 5.69 Å². The van der Waals surface area contributed by atoms with E-state index in [2.05, 4.69) is 49.5 Å². The predicted octanol–water partition coefficient (Wildman–Crippen LogP) is 7.54. The Kier molecular flexibility index (Phi) is 4.02. The first-order valence-electron chi connectivity index (χ1n) is 9.92. The highest BCUT2D eigenvalue weighted by Crippen LogP contribution is 2.51. The van der Waals surface area contributed by atoms with Crippen LogP contribution < -0.4 is 5.32 Å². The number of anilines is 2. The summed E-state index contributed by atoms with van der Waals surface area (Å²) in [6.07, 6.45) is 0. The monoisotopic (exact) mass is 379 g/mol. The van der Waals surface area contributed by atoms with Gasteiger partial charge < -0.3 is 5.32 Å². The summed E-state index contributed by atoms with van der Waals surface area (Å²) in [6.45, 7) is 4.50. The summed E-state index contributed by atoms with van der Waals surface area (Å²) >= 11 is 0. The summed E-state index contributed by atoms with van der Waals surface area (Å²) in [6, 6.07) is 29.9. The van der Waals surface area contributed by atoms with Crippen LogP contribution in [0.2, 0.25) is 0 Å². The van der Waals surface area contributed by atoms with E-state index in [4.69, 9.17) is 0 Å². The lowest BCUT2D eigenvalue weighted by atomic mass is 9.82. The standard InChI is InChI=1S/C27H22FN/c1-27(2)21-14-7-6-12-20(21)25-22(27)15-9-16-23(25)29-24-17-8-13-19(26(24)28)18-10-4-3-5-11-18/h3-17,29H,1-2H3. The van der Waals surface area contributed by atoms with E-state index < -0.39 is 0 Å². The minimum atomic E-state index is -0.234. The number of benzene rings is 4. The molecule has 0 atom stereocenters. The van der Waals surface area contributed by atoms with Gasteiger partial charge in [-0.3, -0.25) is 0 Å². The molecular formula is C27H22FN. The van der Waals surface area contributed by atoms with Crippen LogP contribution in [0.5, 0.6) is 0 Å². The fourth-order valence-electron chi connectivity index (χ4n) is 4.47. The Morgan fingerprint density at radius 3 is 2.07 bits per heavy atom. The van der Waals surface area contributed by atoms with E-state index in [9.17, 15) is 0 Å². The Morgan fingerprint density at radius 2 is 1.24 bits per heavy atom. The second kappa shape index (κ2) is 6.59. The Balaban J connectivity index is 1.63. The van der Waals surface area contributed by atoms with Crippen molar-refractivity contribution in [2.24, 2.45) is 0 Å². The van der Waals surface area contributed by atoms with Crippen molar-refractivity contribution in [2.45, 2.75) is 19.3 Å². The van der Waals surface area contributed by atoms with Crippen molar-refractivity contribution in [1.82, 2.24) is 0 Å². The minimum Gasteiger partial charge on any atom is -0.353 e. The summed E-state index contributed by atoms with van der Waals surface area (Å²) in [4.78, 5) is 0. The molecule has 29 heavy (non-hydrogen) atoms. The Bertz CT molecular complexity index is 1210. The Hall–Kier alpha value is -3.39. The molecule has 1 aliphatic rings. The lowest BCUT2D eigenvalue weighted by Gasteiger charge is -2.21. The molecule has 0 unspecified atom stereocenters. The second-order valence-corrected chi connectivity index (χ2v) is 8.06. The number of fused-ring (bicyclic) bond motifs is 3. The maximum Gasteiger partial charge on any atom is 0.154 e. The van der Waals surface area contributed by atoms with E-state index in [1.54, 1.807) is 6.07 Å². The zero-order valence-corrected chi connectivity index (χ0v) is 16.5. The van der Waals surface area contributed by atoms with Crippen LogP contribution >= 0.6 is 0 Å². The van der Waals surface area contributed by atoms with E-state index in [1.165, 1.54) is 16.7 Å². The van der Waals surface area contributed by atoms with Crippen LogP contribution in [-0.4, -0.2) is 0 Å². The van der Waals surface area contributed by atoms with Gasteiger partial charge in [0.25, 0.3) is 0 Å². The molecule has 0 spiro atoms. The van der Waals surface area contributed by atoms with Gasteiger partial charge in [0.15, 0.2) is 5.82 Å². The molecule has 0 heterocycles. The van der Waals surface area contributed by atoms with Crippen LogP contribution in [0, 0.1) is 5.82 Å². The average molecular weight is 379 g/mol. The number of hydrogen-bond donors (Lipinski definition) is 1. The molecular weight excluding hydrogens is 357 g/mol. The van der Waals surface area contributed by atoms with Crippen LogP contribution in [0.25, 0.3) is 22.3 Å². The zero-order valence-electron chi connectivity index (χ0n) is 16.5. The highest BCUT2D eigenvalue weighted by atomic mass is 19.1. The third kappa shape index (κ3) is 2.75. The molecule has 2 heteroatoms. The number of nitrogens with one attached hydrogen (secondary N) is 1. The summed E-state index contributed by atoms with van der Waals surface area (Å²) in [7, 11) is 0. The van der Waals surface area contributed by atoms with Gasteiger partial charge in [0.2, 0.25) is 0 Å². The van der Waals surface area contributed by atoms with Crippen molar-refractivity contribution in [3.63, 3.8) is 0 Å². The van der Waals surface area contributed by atoms with Crippen molar-refractivity contribution in [3.05, 3.63) is 108 Å². The van der Waals surface area contributed by atoms with Crippen LogP contribution in [0.3, 0.4) is 0 Å². The molecule has 0 fully saturated rings. The maximum atomic E-state index is 15.4. The molecule has 0 bridgehead atoms. The molecule has 0 amide bonds. The summed E-state index contributed by atoms with van der Waals surface area (Å²) in [5, 5.41) is 3.39. The molecule has 1 aliphatic carbocycles. The number of halogens is 1. The third-order valence-electron chi connectivity index (χ3n) is 5.96. The van der Waals surface area contributed by atoms with Crippen LogP contribution in [-0.2, 0) is 5.41 Å². The molecule has 4 aromatic carbocycles. The van der Waals surface area contributed by atoms with E-state index in [-0.39, 0.29) is 11.2 Å². The first kappa shape index (κ1) is 17.7. The van der Waals surface area contributed by atoms with Gasteiger partial charge in [-0.05, 0) is 34.4 Å². The number of rotatable bonds is 3. The third-order valence-corrected chi connectivity index (χ3v) is 5.96. The van der Waals surface area contributed by atoms with Crippen LogP contribution in [0.15, 0.2) is 91.0 Å². The summed E-state index contributed by atoms with van der Waals surface area (Å²) in [5.74, 6) is -0.234. The highest BCUT2D eigenvalue weighted by Gasteiger charge is 2.36. The normalized spacial score (nSPS) is 13.6. The molecule has 4 aromatic rings. The van der Waals surface area contributed by atoms with Gasteiger partial charge in [0, 0.05) is 22.2 Å². The van der Waals surface area contributed by atoms with Crippen LogP contribution in [0.1, 0.15) is 25.0 Å². The summed E-state index contributed by atoms with van der Waals surface area (Å²) in [5.41, 5.74) is 7.78. The fraction of sp³-hybridized carbons (Fsp3) is 0.111. The second-order valence-electron chi connectivity index (χ2n) is 8.06. The van der Waals surface area contributed by atoms with Crippen molar-refractivity contribution in [1.29, 1.82) is 0 Å². The van der Waals surface area contributed by atoms with Crippen molar-refractivity contribution >= 4 is 11.4 Å². The first-order valence-corrected chi connectivity index (χ1v) is 9.92. The SMILES string of the molecule is CC1(C)c2ccccc2-c2c(Nc3cccc(-c4ccccc4)c3F)cccc21.